The van der Waals surface area contributed by atoms with Crippen molar-refractivity contribution in [2.75, 3.05) is 7.11 Å². The number of hydrogen-bond donors (Lipinski definition) is 0. The van der Waals surface area contributed by atoms with Gasteiger partial charge in [0, 0.05) is 16.4 Å². The number of ether oxygens (including phenoxy) is 1. The lowest BCUT2D eigenvalue weighted by Gasteiger charge is -2.10. The van der Waals surface area contributed by atoms with Gasteiger partial charge in [0.1, 0.15) is 11.5 Å². The van der Waals surface area contributed by atoms with E-state index in [2.05, 4.69) is 0 Å². The van der Waals surface area contributed by atoms with E-state index in [4.69, 9.17) is 16.3 Å². The van der Waals surface area contributed by atoms with Crippen molar-refractivity contribution in [3.63, 3.8) is 0 Å². The van der Waals surface area contributed by atoms with Gasteiger partial charge in [0.25, 0.3) is 0 Å². The van der Waals surface area contributed by atoms with Crippen molar-refractivity contribution in [1.82, 2.24) is 4.57 Å². The van der Waals surface area contributed by atoms with Crippen molar-refractivity contribution in [3.05, 3.63) is 57.3 Å². The summed E-state index contributed by atoms with van der Waals surface area (Å²) in [6.07, 6.45) is 0. The minimum atomic E-state index is -0.403. The predicted molar refractivity (Wildman–Crippen MR) is 86.4 cm³/mol. The summed E-state index contributed by atoms with van der Waals surface area (Å²) in [4.78, 5) is 13.1. The van der Waals surface area contributed by atoms with Crippen LogP contribution in [0, 0.1) is 12.7 Å². The lowest BCUT2D eigenvalue weighted by Crippen LogP contribution is -2.11. The SMILES string of the molecule is COC(=O)c1cc2sc(C)cc2n1Cc1ccc(F)cc1Cl. The van der Waals surface area contributed by atoms with Crippen molar-refractivity contribution in [2.45, 2.75) is 13.5 Å². The molecular formula is C16H13ClFNO2S. The summed E-state index contributed by atoms with van der Waals surface area (Å²) >= 11 is 7.71. The summed E-state index contributed by atoms with van der Waals surface area (Å²) in [5.74, 6) is -0.787. The number of aromatic nitrogens is 1. The van der Waals surface area contributed by atoms with Gasteiger partial charge in [0.2, 0.25) is 0 Å². The fourth-order valence-corrected chi connectivity index (χ4v) is 3.62. The highest BCUT2D eigenvalue weighted by Gasteiger charge is 2.18. The highest BCUT2D eigenvalue weighted by molar-refractivity contribution is 7.19. The van der Waals surface area contributed by atoms with Gasteiger partial charge in [-0.1, -0.05) is 17.7 Å². The third-order valence-electron chi connectivity index (χ3n) is 3.45. The number of carbonyl (C=O) groups is 1. The summed E-state index contributed by atoms with van der Waals surface area (Å²) in [6, 6.07) is 8.09. The Labute approximate surface area is 135 Å². The van der Waals surface area contributed by atoms with Crippen molar-refractivity contribution in [3.8, 4) is 0 Å². The molecule has 0 amide bonds. The number of thiophene rings is 1. The number of nitrogens with zero attached hydrogens (tertiary/aromatic N) is 1. The summed E-state index contributed by atoms with van der Waals surface area (Å²) in [5, 5.41) is 0.338. The Bertz CT molecular complexity index is 869. The maximum Gasteiger partial charge on any atom is 0.354 e. The molecule has 1 aromatic carbocycles. The van der Waals surface area contributed by atoms with Gasteiger partial charge in [-0.25, -0.2) is 9.18 Å². The van der Waals surface area contributed by atoms with Crippen molar-refractivity contribution >= 4 is 39.1 Å². The van der Waals surface area contributed by atoms with Crippen LogP contribution in [-0.2, 0) is 11.3 Å². The second kappa shape index (κ2) is 5.74. The lowest BCUT2D eigenvalue weighted by molar-refractivity contribution is 0.0589. The van der Waals surface area contributed by atoms with Crippen LogP contribution in [0.4, 0.5) is 4.39 Å². The number of halogens is 2. The second-order valence-electron chi connectivity index (χ2n) is 4.95. The number of hydrogen-bond acceptors (Lipinski definition) is 3. The molecule has 0 spiro atoms. The zero-order valence-electron chi connectivity index (χ0n) is 12.0. The molecule has 0 aliphatic carbocycles. The van der Waals surface area contributed by atoms with Crippen LogP contribution in [0.3, 0.4) is 0 Å². The molecule has 2 heterocycles. The minimum absolute atomic E-state index is 0.338. The molecule has 22 heavy (non-hydrogen) atoms. The normalized spacial score (nSPS) is 11.1. The van der Waals surface area contributed by atoms with Crippen LogP contribution < -0.4 is 0 Å². The molecule has 6 heteroatoms. The monoisotopic (exact) mass is 337 g/mol. The number of methoxy groups -OCH3 is 1. The molecule has 0 aliphatic rings. The first-order valence-corrected chi connectivity index (χ1v) is 7.81. The van der Waals surface area contributed by atoms with Crippen LogP contribution in [-0.4, -0.2) is 17.6 Å². The molecule has 114 valence electrons. The number of benzene rings is 1. The van der Waals surface area contributed by atoms with E-state index in [0.29, 0.717) is 17.3 Å². The molecule has 0 bridgehead atoms. The molecule has 0 aliphatic heterocycles. The van der Waals surface area contributed by atoms with Gasteiger partial charge < -0.3 is 9.30 Å². The first-order chi connectivity index (χ1) is 10.5. The Hall–Kier alpha value is -1.85. The highest BCUT2D eigenvalue weighted by Crippen LogP contribution is 2.30. The van der Waals surface area contributed by atoms with Crippen molar-refractivity contribution in [1.29, 1.82) is 0 Å². The van der Waals surface area contributed by atoms with Gasteiger partial charge in [0.15, 0.2) is 0 Å². The van der Waals surface area contributed by atoms with E-state index in [0.717, 1.165) is 20.7 Å². The maximum atomic E-state index is 13.2. The van der Waals surface area contributed by atoms with Crippen LogP contribution in [0.1, 0.15) is 20.9 Å². The Morgan fingerprint density at radius 1 is 1.36 bits per heavy atom. The Kier molecular flexibility index (Phi) is 3.93. The molecule has 2 aromatic heterocycles. The maximum absolute atomic E-state index is 13.2. The first kappa shape index (κ1) is 15.1. The van der Waals surface area contributed by atoms with Crippen LogP contribution >= 0.6 is 22.9 Å². The average molecular weight is 338 g/mol. The minimum Gasteiger partial charge on any atom is -0.464 e. The van der Waals surface area contributed by atoms with Gasteiger partial charge in [0.05, 0.1) is 17.3 Å². The molecule has 0 saturated carbocycles. The lowest BCUT2D eigenvalue weighted by atomic mass is 10.2. The van der Waals surface area contributed by atoms with E-state index >= 15 is 0 Å². The van der Waals surface area contributed by atoms with Crippen molar-refractivity contribution < 1.29 is 13.9 Å². The van der Waals surface area contributed by atoms with E-state index in [1.165, 1.54) is 19.2 Å². The summed E-state index contributed by atoms with van der Waals surface area (Å²) in [6.45, 7) is 2.39. The average Bonchev–Trinajstić information content (AvgIpc) is 2.98. The molecule has 0 N–H and O–H groups in total. The molecule has 0 fully saturated rings. The topological polar surface area (TPSA) is 31.2 Å². The van der Waals surface area contributed by atoms with Gasteiger partial charge in [-0.05, 0) is 36.8 Å². The molecule has 0 atom stereocenters. The second-order valence-corrected chi connectivity index (χ2v) is 6.64. The summed E-state index contributed by atoms with van der Waals surface area (Å²) in [7, 11) is 1.35. The zero-order chi connectivity index (χ0) is 15.9. The molecular weight excluding hydrogens is 325 g/mol. The third kappa shape index (κ3) is 2.62. The van der Waals surface area contributed by atoms with E-state index in [9.17, 15) is 9.18 Å². The zero-order valence-corrected chi connectivity index (χ0v) is 13.6. The highest BCUT2D eigenvalue weighted by atomic mass is 35.5. The van der Waals surface area contributed by atoms with Gasteiger partial charge in [-0.15, -0.1) is 11.3 Å². The van der Waals surface area contributed by atoms with E-state index in [1.807, 2.05) is 23.6 Å². The predicted octanol–water partition coefficient (Wildman–Crippen LogP) is 4.64. The molecule has 3 nitrogen and oxygen atoms in total. The van der Waals surface area contributed by atoms with E-state index in [1.54, 1.807) is 17.4 Å². The molecule has 0 radical (unpaired) electrons. The van der Waals surface area contributed by atoms with Crippen LogP contribution in [0.2, 0.25) is 5.02 Å². The number of fused-ring (bicyclic) bond motifs is 1. The van der Waals surface area contributed by atoms with Gasteiger partial charge in [-0.3, -0.25) is 0 Å². The largest absolute Gasteiger partial charge is 0.464 e. The number of rotatable bonds is 3. The summed E-state index contributed by atoms with van der Waals surface area (Å²) in [5.41, 5.74) is 2.15. The summed E-state index contributed by atoms with van der Waals surface area (Å²) < 4.78 is 20.9. The fourth-order valence-electron chi connectivity index (χ4n) is 2.43. The quantitative estimate of drug-likeness (QED) is 0.652. The number of esters is 1. The number of carbonyl (C=O) groups excluding carboxylic acids is 1. The van der Waals surface area contributed by atoms with Crippen LogP contribution in [0.15, 0.2) is 30.3 Å². The Morgan fingerprint density at radius 2 is 2.14 bits per heavy atom. The fraction of sp³-hybridized carbons (Fsp3) is 0.188. The van der Waals surface area contributed by atoms with Crippen molar-refractivity contribution in [2.24, 2.45) is 0 Å². The Balaban J connectivity index is 2.12. The molecule has 3 aromatic rings. The number of aryl methyl sites for hydroxylation is 1. The van der Waals surface area contributed by atoms with E-state index in [-0.39, 0.29) is 5.82 Å². The third-order valence-corrected chi connectivity index (χ3v) is 4.79. The van der Waals surface area contributed by atoms with Gasteiger partial charge in [-0.2, -0.15) is 0 Å². The van der Waals surface area contributed by atoms with Crippen LogP contribution in [0.5, 0.6) is 0 Å². The smallest absolute Gasteiger partial charge is 0.354 e. The molecule has 0 saturated heterocycles. The first-order valence-electron chi connectivity index (χ1n) is 6.61. The van der Waals surface area contributed by atoms with E-state index < -0.39 is 5.97 Å². The Morgan fingerprint density at radius 3 is 2.82 bits per heavy atom. The van der Waals surface area contributed by atoms with Crippen LogP contribution in [0.25, 0.3) is 10.2 Å². The van der Waals surface area contributed by atoms with Gasteiger partial charge >= 0.3 is 5.97 Å². The molecule has 3 rings (SSSR count). The molecule has 0 unspecified atom stereocenters. The standard InChI is InChI=1S/C16H13ClFNO2S/c1-9-5-13-15(22-9)7-14(16(20)21-2)19(13)8-10-3-4-11(18)6-12(10)17/h3-7H,8H2,1-2H3.